The number of hydrogen-bond donors (Lipinski definition) is 2. The number of hydrogen-bond acceptors (Lipinski definition) is 5. The molecular weight excluding hydrogens is 280 g/mol. The number of thiazole rings is 1. The average Bonchev–Trinajstić information content (AvgIpc) is 2.95. The Bertz CT molecular complexity index is 645. The molecule has 0 unspecified atom stereocenters. The molecule has 0 saturated carbocycles. The summed E-state index contributed by atoms with van der Waals surface area (Å²) in [5.74, 6) is -0.323. The lowest BCUT2D eigenvalue weighted by Gasteiger charge is -1.99. The fraction of sp³-hybridized carbons (Fsp3) is 0.308. The van der Waals surface area contributed by atoms with Gasteiger partial charge in [-0.3, -0.25) is 14.9 Å². The van der Waals surface area contributed by atoms with Crippen molar-refractivity contribution < 1.29 is 19.1 Å². The molecule has 0 aliphatic rings. The lowest BCUT2D eigenvalue weighted by atomic mass is 10.2. The lowest BCUT2D eigenvalue weighted by Crippen LogP contribution is -2.12. The summed E-state index contributed by atoms with van der Waals surface area (Å²) >= 11 is 1.18. The van der Waals surface area contributed by atoms with Crippen molar-refractivity contribution >= 4 is 28.3 Å². The zero-order valence-corrected chi connectivity index (χ0v) is 11.9. The van der Waals surface area contributed by atoms with Gasteiger partial charge in [0.05, 0.1) is 12.1 Å². The third-order valence-corrected chi connectivity index (χ3v) is 3.43. The molecule has 0 bridgehead atoms. The van der Waals surface area contributed by atoms with Crippen molar-refractivity contribution in [3.63, 3.8) is 0 Å². The Morgan fingerprint density at radius 3 is 2.85 bits per heavy atom. The summed E-state index contributed by atoms with van der Waals surface area (Å²) in [4.78, 5) is 26.6. The molecule has 2 aromatic rings. The number of aryl methyl sites for hydroxylation is 2. The van der Waals surface area contributed by atoms with Gasteiger partial charge in [-0.25, -0.2) is 4.98 Å². The van der Waals surface area contributed by atoms with E-state index in [9.17, 15) is 9.59 Å². The van der Waals surface area contributed by atoms with Gasteiger partial charge in [-0.15, -0.1) is 11.3 Å². The van der Waals surface area contributed by atoms with Gasteiger partial charge in [-0.05, 0) is 13.0 Å². The maximum atomic E-state index is 12.0. The van der Waals surface area contributed by atoms with Gasteiger partial charge in [0.2, 0.25) is 0 Å². The minimum atomic E-state index is -0.956. The van der Waals surface area contributed by atoms with E-state index in [2.05, 4.69) is 10.3 Å². The first-order chi connectivity index (χ1) is 9.49. The first kappa shape index (κ1) is 14.3. The zero-order chi connectivity index (χ0) is 14.7. The summed E-state index contributed by atoms with van der Waals surface area (Å²) in [6.45, 7) is 3.74. The third kappa shape index (κ3) is 3.24. The fourth-order valence-corrected chi connectivity index (χ4v) is 2.41. The summed E-state index contributed by atoms with van der Waals surface area (Å²) in [7, 11) is 0. The Morgan fingerprint density at radius 2 is 2.25 bits per heavy atom. The number of amides is 1. The topological polar surface area (TPSA) is 92.4 Å². The molecule has 0 aromatic carbocycles. The second-order valence-electron chi connectivity index (χ2n) is 4.25. The van der Waals surface area contributed by atoms with Crippen molar-refractivity contribution in [3.8, 4) is 0 Å². The number of aliphatic carboxylic acids is 1. The summed E-state index contributed by atoms with van der Waals surface area (Å²) in [6.07, 6.45) is 0.556. The van der Waals surface area contributed by atoms with Crippen molar-refractivity contribution in [2.75, 3.05) is 5.32 Å². The number of rotatable bonds is 5. The fourth-order valence-electron chi connectivity index (χ4n) is 1.70. The van der Waals surface area contributed by atoms with Gasteiger partial charge >= 0.3 is 5.97 Å². The molecule has 0 fully saturated rings. The molecule has 0 spiro atoms. The molecule has 0 radical (unpaired) electrons. The monoisotopic (exact) mass is 294 g/mol. The molecule has 20 heavy (non-hydrogen) atoms. The van der Waals surface area contributed by atoms with E-state index in [1.807, 2.05) is 13.0 Å². The van der Waals surface area contributed by atoms with Crippen LogP contribution in [0.3, 0.4) is 0 Å². The highest BCUT2D eigenvalue weighted by Gasteiger charge is 2.17. The molecule has 7 heteroatoms. The number of furan rings is 1. The number of aromatic nitrogens is 1. The van der Waals surface area contributed by atoms with E-state index in [0.717, 1.165) is 11.3 Å². The van der Waals surface area contributed by atoms with Crippen LogP contribution in [-0.4, -0.2) is 22.0 Å². The summed E-state index contributed by atoms with van der Waals surface area (Å²) < 4.78 is 5.44. The van der Waals surface area contributed by atoms with Crippen LogP contribution in [-0.2, 0) is 17.6 Å². The minimum Gasteiger partial charge on any atom is -0.481 e. The number of carbonyl (C=O) groups excluding carboxylic acids is 1. The maximum Gasteiger partial charge on any atom is 0.309 e. The molecule has 0 aliphatic carbocycles. The van der Waals surface area contributed by atoms with Crippen LogP contribution in [0.15, 0.2) is 15.9 Å². The zero-order valence-electron chi connectivity index (χ0n) is 11.1. The van der Waals surface area contributed by atoms with E-state index in [4.69, 9.17) is 9.52 Å². The van der Waals surface area contributed by atoms with Crippen LogP contribution >= 0.6 is 11.3 Å². The molecule has 6 nitrogen and oxygen atoms in total. The molecule has 2 N–H and O–H groups in total. The van der Waals surface area contributed by atoms with E-state index in [-0.39, 0.29) is 18.1 Å². The van der Waals surface area contributed by atoms with Gasteiger partial charge in [0.1, 0.15) is 5.76 Å². The molecule has 0 aliphatic heterocycles. The Kier molecular flexibility index (Phi) is 4.19. The van der Waals surface area contributed by atoms with E-state index < -0.39 is 5.97 Å². The van der Waals surface area contributed by atoms with Crippen molar-refractivity contribution in [3.05, 3.63) is 34.2 Å². The van der Waals surface area contributed by atoms with Gasteiger partial charge in [-0.1, -0.05) is 6.92 Å². The predicted octanol–water partition coefficient (Wildman–Crippen LogP) is 2.49. The highest BCUT2D eigenvalue weighted by atomic mass is 32.1. The van der Waals surface area contributed by atoms with Gasteiger partial charge in [0.15, 0.2) is 10.9 Å². The highest BCUT2D eigenvalue weighted by molar-refractivity contribution is 7.14. The molecule has 106 valence electrons. The first-order valence-electron chi connectivity index (χ1n) is 6.06. The van der Waals surface area contributed by atoms with E-state index >= 15 is 0 Å². The minimum absolute atomic E-state index is 0.161. The highest BCUT2D eigenvalue weighted by Crippen LogP contribution is 2.20. The normalized spacial score (nSPS) is 10.5. The molecule has 1 amide bonds. The lowest BCUT2D eigenvalue weighted by molar-refractivity contribution is -0.136. The molecule has 2 rings (SSSR count). The predicted molar refractivity (Wildman–Crippen MR) is 74.2 cm³/mol. The molecule has 2 heterocycles. The Balaban J connectivity index is 2.09. The number of carboxylic acids is 1. The van der Waals surface area contributed by atoms with Gasteiger partial charge < -0.3 is 9.52 Å². The quantitative estimate of drug-likeness (QED) is 0.883. The SMILES string of the molecule is CCc1cc(C)c(C(=O)Nc2nc(CC(=O)O)cs2)o1. The summed E-state index contributed by atoms with van der Waals surface area (Å²) in [5, 5.41) is 13.2. The number of anilines is 1. The van der Waals surface area contributed by atoms with E-state index in [1.165, 1.54) is 11.3 Å². The van der Waals surface area contributed by atoms with Gasteiger partial charge in [0, 0.05) is 17.4 Å². The van der Waals surface area contributed by atoms with Crippen molar-refractivity contribution in [2.24, 2.45) is 0 Å². The average molecular weight is 294 g/mol. The Labute approximate surface area is 119 Å². The van der Waals surface area contributed by atoms with E-state index in [1.54, 1.807) is 12.3 Å². The van der Waals surface area contributed by atoms with Crippen molar-refractivity contribution in [1.82, 2.24) is 4.98 Å². The van der Waals surface area contributed by atoms with Crippen LogP contribution in [0.1, 0.15) is 34.5 Å². The first-order valence-corrected chi connectivity index (χ1v) is 6.94. The summed E-state index contributed by atoms with van der Waals surface area (Å²) in [6, 6.07) is 1.83. The molecular formula is C13H14N2O4S. The molecule has 0 atom stereocenters. The smallest absolute Gasteiger partial charge is 0.309 e. The van der Waals surface area contributed by atoms with Gasteiger partial charge in [0.25, 0.3) is 5.91 Å². The largest absolute Gasteiger partial charge is 0.481 e. The van der Waals surface area contributed by atoms with Crippen LogP contribution in [0.25, 0.3) is 0 Å². The Morgan fingerprint density at radius 1 is 1.50 bits per heavy atom. The van der Waals surface area contributed by atoms with Crippen molar-refractivity contribution in [2.45, 2.75) is 26.7 Å². The number of nitrogens with one attached hydrogen (secondary N) is 1. The summed E-state index contributed by atoms with van der Waals surface area (Å²) in [5.41, 5.74) is 1.19. The maximum absolute atomic E-state index is 12.0. The second-order valence-corrected chi connectivity index (χ2v) is 5.11. The third-order valence-electron chi connectivity index (χ3n) is 2.63. The molecule has 2 aromatic heterocycles. The van der Waals surface area contributed by atoms with Crippen LogP contribution in [0.4, 0.5) is 5.13 Å². The number of carbonyl (C=O) groups is 2. The van der Waals surface area contributed by atoms with Crippen molar-refractivity contribution in [1.29, 1.82) is 0 Å². The number of carboxylic acid groups (broad SMARTS) is 1. The second kappa shape index (κ2) is 5.87. The van der Waals surface area contributed by atoms with Crippen LogP contribution in [0.2, 0.25) is 0 Å². The standard InChI is InChI=1S/C13H14N2O4S/c1-3-9-4-7(2)11(19-9)12(18)15-13-14-8(6-20-13)5-10(16)17/h4,6H,3,5H2,1-2H3,(H,16,17)(H,14,15,18). The van der Waals surface area contributed by atoms with E-state index in [0.29, 0.717) is 17.2 Å². The molecule has 0 saturated heterocycles. The van der Waals surface area contributed by atoms with Crippen LogP contribution in [0.5, 0.6) is 0 Å². The Hall–Kier alpha value is -2.15. The number of nitrogens with zero attached hydrogens (tertiary/aromatic N) is 1. The van der Waals surface area contributed by atoms with Gasteiger partial charge in [-0.2, -0.15) is 0 Å². The van der Waals surface area contributed by atoms with Crippen LogP contribution < -0.4 is 5.32 Å². The van der Waals surface area contributed by atoms with Crippen LogP contribution in [0, 0.1) is 6.92 Å².